The smallest absolute Gasteiger partial charge is 0.229 e. The zero-order valence-electron chi connectivity index (χ0n) is 17.1. The number of rotatable bonds is 4. The fourth-order valence-corrected chi connectivity index (χ4v) is 4.62. The van der Waals surface area contributed by atoms with Gasteiger partial charge in [0.15, 0.2) is 0 Å². The van der Waals surface area contributed by atoms with E-state index in [0.29, 0.717) is 37.6 Å². The first-order chi connectivity index (χ1) is 14.4. The molecule has 0 aliphatic carbocycles. The molecule has 4 rings (SSSR count). The fraction of sp³-hybridized carbons (Fsp3) is 0.476. The van der Waals surface area contributed by atoms with E-state index in [0.717, 1.165) is 16.3 Å². The Morgan fingerprint density at radius 2 is 1.77 bits per heavy atom. The number of carbonyl (C=O) groups is 3. The number of anilines is 2. The average molecular weight is 428 g/mol. The molecular weight excluding hydrogens is 402 g/mol. The normalized spacial score (nSPS) is 19.9. The molecule has 3 heterocycles. The summed E-state index contributed by atoms with van der Waals surface area (Å²) < 4.78 is 0. The minimum absolute atomic E-state index is 0.0107. The molecule has 0 bridgehead atoms. The quantitative estimate of drug-likeness (QED) is 0.808. The Bertz CT molecular complexity index is 950. The van der Waals surface area contributed by atoms with Crippen molar-refractivity contribution in [3.63, 3.8) is 0 Å². The Morgan fingerprint density at radius 1 is 1.07 bits per heavy atom. The lowest BCUT2D eigenvalue weighted by Gasteiger charge is -2.32. The van der Waals surface area contributed by atoms with Gasteiger partial charge in [0.25, 0.3) is 0 Å². The van der Waals surface area contributed by atoms with Crippen LogP contribution in [0.15, 0.2) is 24.3 Å². The lowest BCUT2D eigenvalue weighted by atomic mass is 9.94. The highest BCUT2D eigenvalue weighted by Crippen LogP contribution is 2.28. The van der Waals surface area contributed by atoms with Crippen LogP contribution in [0.25, 0.3) is 0 Å². The highest BCUT2D eigenvalue weighted by molar-refractivity contribution is 7.15. The number of aromatic nitrogens is 2. The summed E-state index contributed by atoms with van der Waals surface area (Å²) in [5.41, 5.74) is 1.97. The van der Waals surface area contributed by atoms with Gasteiger partial charge in [-0.15, -0.1) is 10.2 Å². The summed E-state index contributed by atoms with van der Waals surface area (Å²) in [6.45, 7) is 5.31. The summed E-state index contributed by atoms with van der Waals surface area (Å²) in [7, 11) is 0. The van der Waals surface area contributed by atoms with Gasteiger partial charge in [0.05, 0.1) is 5.92 Å². The molecule has 2 aliphatic heterocycles. The van der Waals surface area contributed by atoms with Crippen LogP contribution in [-0.2, 0) is 14.4 Å². The number of aryl methyl sites for hydroxylation is 2. The van der Waals surface area contributed by atoms with Crippen molar-refractivity contribution in [2.75, 3.05) is 29.9 Å². The van der Waals surface area contributed by atoms with Gasteiger partial charge >= 0.3 is 0 Å². The van der Waals surface area contributed by atoms with Crippen LogP contribution in [-0.4, -0.2) is 52.5 Å². The molecule has 0 saturated carbocycles. The van der Waals surface area contributed by atoms with Gasteiger partial charge in [-0.3, -0.25) is 14.4 Å². The van der Waals surface area contributed by atoms with E-state index in [1.54, 1.807) is 9.80 Å². The zero-order chi connectivity index (χ0) is 21.3. The maximum Gasteiger partial charge on any atom is 0.229 e. The molecule has 3 amide bonds. The molecular formula is C21H25N5O3S. The molecule has 2 aromatic rings. The van der Waals surface area contributed by atoms with Gasteiger partial charge in [-0.05, 0) is 38.8 Å². The minimum Gasteiger partial charge on any atom is -0.342 e. The number of likely N-dealkylation sites (tertiary alicyclic amines) is 1. The van der Waals surface area contributed by atoms with Gasteiger partial charge in [0.1, 0.15) is 5.01 Å². The molecule has 158 valence electrons. The first-order valence-corrected chi connectivity index (χ1v) is 11.0. The highest BCUT2D eigenvalue weighted by atomic mass is 32.1. The zero-order valence-corrected chi connectivity index (χ0v) is 17.9. The topological polar surface area (TPSA) is 95.5 Å². The molecule has 2 aliphatic rings. The summed E-state index contributed by atoms with van der Waals surface area (Å²) in [5.74, 6) is -0.545. The molecule has 0 spiro atoms. The second-order valence-corrected chi connectivity index (χ2v) is 9.14. The van der Waals surface area contributed by atoms with Crippen LogP contribution in [0.3, 0.4) is 0 Å². The minimum atomic E-state index is -0.325. The molecule has 8 nitrogen and oxygen atoms in total. The lowest BCUT2D eigenvalue weighted by Crippen LogP contribution is -2.44. The summed E-state index contributed by atoms with van der Waals surface area (Å²) in [4.78, 5) is 41.4. The summed E-state index contributed by atoms with van der Waals surface area (Å²) >= 11 is 1.35. The third-order valence-electron chi connectivity index (χ3n) is 5.75. The van der Waals surface area contributed by atoms with Crippen molar-refractivity contribution in [3.05, 3.63) is 34.8 Å². The number of amides is 3. The Morgan fingerprint density at radius 3 is 2.40 bits per heavy atom. The molecule has 30 heavy (non-hydrogen) atoms. The third-order valence-corrected chi connectivity index (χ3v) is 6.51. The second-order valence-electron chi connectivity index (χ2n) is 7.96. The molecule has 1 N–H and O–H groups in total. The standard InChI is InChI=1S/C21H25N5O3S/c1-13-3-5-17(6-4-13)26-12-16(11-18(26)27)20(29)25-9-7-15(8-10-25)19(28)22-21-24-23-14(2)30-21/h3-6,15-16H,7-12H2,1-2H3,(H,22,24,28)/t16-/m0/s1. The van der Waals surface area contributed by atoms with Crippen LogP contribution in [0.4, 0.5) is 10.8 Å². The summed E-state index contributed by atoms with van der Waals surface area (Å²) in [6.07, 6.45) is 1.46. The van der Waals surface area contributed by atoms with E-state index >= 15 is 0 Å². The van der Waals surface area contributed by atoms with Gasteiger partial charge in [-0.1, -0.05) is 29.0 Å². The van der Waals surface area contributed by atoms with Gasteiger partial charge in [-0.2, -0.15) is 0 Å². The maximum atomic E-state index is 13.0. The third kappa shape index (κ3) is 4.35. The van der Waals surface area contributed by atoms with Crippen molar-refractivity contribution in [1.82, 2.24) is 15.1 Å². The fourth-order valence-electron chi connectivity index (χ4n) is 4.02. The van der Waals surface area contributed by atoms with E-state index in [-0.39, 0.29) is 36.0 Å². The predicted molar refractivity (Wildman–Crippen MR) is 114 cm³/mol. The molecule has 2 saturated heterocycles. The Balaban J connectivity index is 1.30. The second kappa shape index (κ2) is 8.51. The maximum absolute atomic E-state index is 13.0. The number of hydrogen-bond donors (Lipinski definition) is 1. The van der Waals surface area contributed by atoms with Crippen molar-refractivity contribution in [3.8, 4) is 0 Å². The van der Waals surface area contributed by atoms with Crippen LogP contribution in [0, 0.1) is 25.7 Å². The number of nitrogens with zero attached hydrogens (tertiary/aromatic N) is 4. The molecule has 0 unspecified atom stereocenters. The molecule has 9 heteroatoms. The van der Waals surface area contributed by atoms with Gasteiger partial charge in [0.2, 0.25) is 22.9 Å². The van der Waals surface area contributed by atoms with E-state index < -0.39 is 0 Å². The SMILES string of the molecule is Cc1ccc(N2C[C@@H](C(=O)N3CCC(C(=O)Nc4nnc(C)s4)CC3)CC2=O)cc1. The van der Waals surface area contributed by atoms with Crippen molar-refractivity contribution >= 4 is 39.9 Å². The predicted octanol–water partition coefficient (Wildman–Crippen LogP) is 2.39. The number of benzene rings is 1. The number of hydrogen-bond acceptors (Lipinski definition) is 6. The molecule has 1 aromatic carbocycles. The van der Waals surface area contributed by atoms with E-state index in [2.05, 4.69) is 15.5 Å². The molecule has 1 atom stereocenters. The van der Waals surface area contributed by atoms with Crippen LogP contribution < -0.4 is 10.2 Å². The highest BCUT2D eigenvalue weighted by Gasteiger charge is 2.38. The first-order valence-electron chi connectivity index (χ1n) is 10.2. The van der Waals surface area contributed by atoms with Crippen molar-refractivity contribution < 1.29 is 14.4 Å². The summed E-state index contributed by atoms with van der Waals surface area (Å²) in [6, 6.07) is 7.78. The van der Waals surface area contributed by atoms with E-state index in [4.69, 9.17) is 0 Å². The molecule has 1 aromatic heterocycles. The van der Waals surface area contributed by atoms with E-state index in [1.807, 2.05) is 38.1 Å². The monoisotopic (exact) mass is 427 g/mol. The van der Waals surface area contributed by atoms with Crippen LogP contribution in [0.5, 0.6) is 0 Å². The van der Waals surface area contributed by atoms with E-state index in [9.17, 15) is 14.4 Å². The molecule has 2 fully saturated rings. The number of nitrogens with one attached hydrogen (secondary N) is 1. The van der Waals surface area contributed by atoms with Crippen molar-refractivity contribution in [2.24, 2.45) is 11.8 Å². The molecule has 0 radical (unpaired) electrons. The number of piperidine rings is 1. The van der Waals surface area contributed by atoms with Crippen LogP contribution >= 0.6 is 11.3 Å². The van der Waals surface area contributed by atoms with Crippen LogP contribution in [0.1, 0.15) is 29.8 Å². The Kier molecular flexibility index (Phi) is 5.80. The van der Waals surface area contributed by atoms with E-state index in [1.165, 1.54) is 11.3 Å². The van der Waals surface area contributed by atoms with Crippen molar-refractivity contribution in [1.29, 1.82) is 0 Å². The van der Waals surface area contributed by atoms with Crippen molar-refractivity contribution in [2.45, 2.75) is 33.1 Å². The average Bonchev–Trinajstić information content (AvgIpc) is 3.33. The number of carbonyl (C=O) groups excluding carboxylic acids is 3. The van der Waals surface area contributed by atoms with Crippen LogP contribution in [0.2, 0.25) is 0 Å². The van der Waals surface area contributed by atoms with Gasteiger partial charge in [-0.25, -0.2) is 0 Å². The lowest BCUT2D eigenvalue weighted by molar-refractivity contribution is -0.138. The first kappa shape index (κ1) is 20.5. The Hall–Kier alpha value is -2.81. The largest absolute Gasteiger partial charge is 0.342 e. The summed E-state index contributed by atoms with van der Waals surface area (Å²) in [5, 5.41) is 12.0. The van der Waals surface area contributed by atoms with Gasteiger partial charge < -0.3 is 15.1 Å². The Labute approximate surface area is 179 Å². The van der Waals surface area contributed by atoms with Gasteiger partial charge in [0, 0.05) is 37.7 Å².